The first-order valence-corrected chi connectivity index (χ1v) is 5.86. The van der Waals surface area contributed by atoms with Crippen molar-refractivity contribution in [3.05, 3.63) is 24.0 Å². The van der Waals surface area contributed by atoms with Crippen LogP contribution in [0.25, 0.3) is 0 Å². The van der Waals surface area contributed by atoms with Gasteiger partial charge in [-0.15, -0.1) is 0 Å². The minimum atomic E-state index is -4.53. The number of carbonyl (C=O) groups is 1. The molecular weight excluding hydrogens is 261 g/mol. The van der Waals surface area contributed by atoms with Crippen LogP contribution < -0.4 is 10.1 Å². The highest BCUT2D eigenvalue weighted by Gasteiger charge is 2.32. The van der Waals surface area contributed by atoms with Crippen molar-refractivity contribution in [1.29, 1.82) is 0 Å². The van der Waals surface area contributed by atoms with Gasteiger partial charge in [-0.2, -0.15) is 13.2 Å². The topological polar surface area (TPSA) is 51.2 Å². The van der Waals surface area contributed by atoms with E-state index in [1.807, 2.05) is 6.92 Å². The summed E-state index contributed by atoms with van der Waals surface area (Å²) < 4.78 is 42.1. The molecule has 0 atom stereocenters. The largest absolute Gasteiger partial charge is 0.484 e. The molecule has 0 spiro atoms. The molecule has 0 aromatic carbocycles. The number of hydrogen-bond donors (Lipinski definition) is 1. The van der Waals surface area contributed by atoms with Crippen LogP contribution in [0.1, 0.15) is 25.5 Å². The molecule has 106 valence electrons. The molecule has 4 nitrogen and oxygen atoms in total. The summed E-state index contributed by atoms with van der Waals surface area (Å²) in [6.45, 7) is 2.20. The monoisotopic (exact) mass is 276 g/mol. The third kappa shape index (κ3) is 5.58. The van der Waals surface area contributed by atoms with E-state index in [1.54, 1.807) is 0 Å². The van der Waals surface area contributed by atoms with Crippen molar-refractivity contribution >= 4 is 5.91 Å². The van der Waals surface area contributed by atoms with E-state index in [0.717, 1.165) is 25.1 Å². The standard InChI is InChI=1S/C12H15F3N2O2/c1-2-3-5-17-11(18)8-19-9-4-6-16-10(7-9)12(13,14)15/h4,6-7H,2-3,5,8H2,1H3,(H,17,18). The summed E-state index contributed by atoms with van der Waals surface area (Å²) in [5.41, 5.74) is -1.05. The molecule has 0 unspecified atom stereocenters. The minimum Gasteiger partial charge on any atom is -0.484 e. The number of nitrogens with one attached hydrogen (secondary N) is 1. The van der Waals surface area contributed by atoms with Crippen molar-refractivity contribution in [2.45, 2.75) is 25.9 Å². The summed E-state index contributed by atoms with van der Waals surface area (Å²) in [7, 11) is 0. The van der Waals surface area contributed by atoms with Gasteiger partial charge in [-0.25, -0.2) is 0 Å². The first-order valence-electron chi connectivity index (χ1n) is 5.86. The predicted octanol–water partition coefficient (Wildman–Crippen LogP) is 2.40. The van der Waals surface area contributed by atoms with Gasteiger partial charge < -0.3 is 10.1 Å². The second-order valence-electron chi connectivity index (χ2n) is 3.87. The minimum absolute atomic E-state index is 0.0343. The van der Waals surface area contributed by atoms with Gasteiger partial charge in [0.25, 0.3) is 5.91 Å². The number of halogens is 3. The van der Waals surface area contributed by atoms with Gasteiger partial charge in [0, 0.05) is 18.8 Å². The van der Waals surface area contributed by atoms with Crippen molar-refractivity contribution < 1.29 is 22.7 Å². The Kier molecular flexibility index (Phi) is 5.59. The van der Waals surface area contributed by atoms with Crippen LogP contribution in [0.5, 0.6) is 5.75 Å². The molecule has 0 aliphatic heterocycles. The normalized spacial score (nSPS) is 11.2. The van der Waals surface area contributed by atoms with Crippen LogP contribution in [-0.2, 0) is 11.0 Å². The number of ether oxygens (including phenoxy) is 1. The van der Waals surface area contributed by atoms with Crippen LogP contribution in [0.4, 0.5) is 13.2 Å². The molecule has 0 radical (unpaired) electrons. The molecular formula is C12H15F3N2O2. The maximum atomic E-state index is 12.4. The lowest BCUT2D eigenvalue weighted by Crippen LogP contribution is -2.29. The Morgan fingerprint density at radius 2 is 2.21 bits per heavy atom. The Bertz CT molecular complexity index is 422. The quantitative estimate of drug-likeness (QED) is 0.812. The van der Waals surface area contributed by atoms with Crippen LogP contribution in [0.3, 0.4) is 0 Å². The zero-order valence-corrected chi connectivity index (χ0v) is 10.5. The van der Waals surface area contributed by atoms with E-state index >= 15 is 0 Å². The van der Waals surface area contributed by atoms with Crippen LogP contribution in [-0.4, -0.2) is 24.0 Å². The van der Waals surface area contributed by atoms with Crippen molar-refractivity contribution in [3.8, 4) is 5.75 Å². The predicted molar refractivity (Wildman–Crippen MR) is 62.7 cm³/mol. The second kappa shape index (κ2) is 6.96. The number of hydrogen-bond acceptors (Lipinski definition) is 3. The van der Waals surface area contributed by atoms with Gasteiger partial charge in [-0.3, -0.25) is 9.78 Å². The summed E-state index contributed by atoms with van der Waals surface area (Å²) in [6, 6.07) is 2.04. The van der Waals surface area contributed by atoms with E-state index in [4.69, 9.17) is 4.74 Å². The van der Waals surface area contributed by atoms with Crippen LogP contribution in [0.2, 0.25) is 0 Å². The number of alkyl halides is 3. The fourth-order valence-electron chi connectivity index (χ4n) is 1.26. The number of rotatable bonds is 6. The molecule has 0 saturated heterocycles. The average molecular weight is 276 g/mol. The fraction of sp³-hybridized carbons (Fsp3) is 0.500. The van der Waals surface area contributed by atoms with Gasteiger partial charge >= 0.3 is 6.18 Å². The number of pyridine rings is 1. The lowest BCUT2D eigenvalue weighted by Gasteiger charge is -2.09. The van der Waals surface area contributed by atoms with E-state index in [1.165, 1.54) is 6.07 Å². The van der Waals surface area contributed by atoms with Gasteiger partial charge in [0.05, 0.1) is 0 Å². The van der Waals surface area contributed by atoms with Crippen molar-refractivity contribution in [3.63, 3.8) is 0 Å². The molecule has 0 fully saturated rings. The molecule has 1 N–H and O–H groups in total. The summed E-state index contributed by atoms with van der Waals surface area (Å²) in [6.07, 6.45) is -1.74. The van der Waals surface area contributed by atoms with Gasteiger partial charge in [-0.05, 0) is 12.5 Å². The third-order valence-electron chi connectivity index (χ3n) is 2.24. The average Bonchev–Trinajstić information content (AvgIpc) is 2.36. The number of amides is 1. The van der Waals surface area contributed by atoms with Crippen LogP contribution in [0.15, 0.2) is 18.3 Å². The Morgan fingerprint density at radius 3 is 2.84 bits per heavy atom. The molecule has 1 aromatic heterocycles. The highest BCUT2D eigenvalue weighted by Crippen LogP contribution is 2.29. The molecule has 0 saturated carbocycles. The van der Waals surface area contributed by atoms with Crippen LogP contribution >= 0.6 is 0 Å². The Balaban J connectivity index is 2.47. The Morgan fingerprint density at radius 1 is 1.47 bits per heavy atom. The van der Waals surface area contributed by atoms with E-state index in [-0.39, 0.29) is 18.3 Å². The second-order valence-corrected chi connectivity index (χ2v) is 3.87. The zero-order chi connectivity index (χ0) is 14.3. The molecule has 1 aromatic rings. The summed E-state index contributed by atoms with van der Waals surface area (Å²) >= 11 is 0. The first kappa shape index (κ1) is 15.3. The Labute approximate surface area is 109 Å². The maximum Gasteiger partial charge on any atom is 0.433 e. The van der Waals surface area contributed by atoms with Crippen LogP contribution in [0, 0.1) is 0 Å². The molecule has 19 heavy (non-hydrogen) atoms. The fourth-order valence-corrected chi connectivity index (χ4v) is 1.26. The molecule has 0 aliphatic carbocycles. The van der Waals surface area contributed by atoms with E-state index in [0.29, 0.717) is 6.54 Å². The van der Waals surface area contributed by atoms with Gasteiger partial charge in [0.1, 0.15) is 11.4 Å². The SMILES string of the molecule is CCCCNC(=O)COc1ccnc(C(F)(F)F)c1. The molecule has 1 rings (SSSR count). The zero-order valence-electron chi connectivity index (χ0n) is 10.5. The summed E-state index contributed by atoms with van der Waals surface area (Å²) in [5.74, 6) is -0.396. The number of unbranched alkanes of at least 4 members (excludes halogenated alkanes) is 1. The summed E-state index contributed by atoms with van der Waals surface area (Å²) in [5, 5.41) is 2.60. The molecule has 1 heterocycles. The highest BCUT2D eigenvalue weighted by atomic mass is 19.4. The third-order valence-corrected chi connectivity index (χ3v) is 2.24. The van der Waals surface area contributed by atoms with E-state index in [9.17, 15) is 18.0 Å². The smallest absolute Gasteiger partial charge is 0.433 e. The number of nitrogens with zero attached hydrogens (tertiary/aromatic N) is 1. The number of carbonyl (C=O) groups excluding carboxylic acids is 1. The van der Waals surface area contributed by atoms with Gasteiger partial charge in [-0.1, -0.05) is 13.3 Å². The van der Waals surface area contributed by atoms with E-state index in [2.05, 4.69) is 10.3 Å². The lowest BCUT2D eigenvalue weighted by atomic mass is 10.3. The summed E-state index contributed by atoms with van der Waals surface area (Å²) in [4.78, 5) is 14.5. The van der Waals surface area contributed by atoms with Crippen molar-refractivity contribution in [2.24, 2.45) is 0 Å². The molecule has 7 heteroatoms. The lowest BCUT2D eigenvalue weighted by molar-refractivity contribution is -0.141. The molecule has 1 amide bonds. The van der Waals surface area contributed by atoms with Gasteiger partial charge in [0.2, 0.25) is 0 Å². The number of aromatic nitrogens is 1. The van der Waals surface area contributed by atoms with Crippen molar-refractivity contribution in [2.75, 3.05) is 13.2 Å². The molecule has 0 aliphatic rings. The first-order chi connectivity index (χ1) is 8.93. The molecule has 0 bridgehead atoms. The maximum absolute atomic E-state index is 12.4. The van der Waals surface area contributed by atoms with Crippen molar-refractivity contribution in [1.82, 2.24) is 10.3 Å². The van der Waals surface area contributed by atoms with E-state index < -0.39 is 11.9 Å². The Hall–Kier alpha value is -1.79. The van der Waals surface area contributed by atoms with Gasteiger partial charge in [0.15, 0.2) is 6.61 Å². The highest BCUT2D eigenvalue weighted by molar-refractivity contribution is 5.77.